The number of fused-ring (bicyclic) bond motifs is 1. The third kappa shape index (κ3) is 2.36. The average Bonchev–Trinajstić information content (AvgIpc) is 2.60. The number of hydrogen-bond donors (Lipinski definition) is 2. The predicted octanol–water partition coefficient (Wildman–Crippen LogP) is 3.13. The molecule has 1 aliphatic heterocycles. The minimum atomic E-state index is 0.842. The summed E-state index contributed by atoms with van der Waals surface area (Å²) in [4.78, 5) is 6.01. The molecule has 18 heavy (non-hydrogen) atoms. The van der Waals surface area contributed by atoms with Crippen LogP contribution in [0.1, 0.15) is 31.4 Å². The molecule has 1 fully saturated rings. The Morgan fingerprint density at radius 2 is 1.89 bits per heavy atom. The van der Waals surface area contributed by atoms with Gasteiger partial charge in [-0.3, -0.25) is 4.90 Å². The van der Waals surface area contributed by atoms with Crippen molar-refractivity contribution in [2.24, 2.45) is 0 Å². The molecule has 1 aliphatic rings. The third-order valence-corrected chi connectivity index (χ3v) is 3.84. The number of anilines is 1. The number of aromatic nitrogens is 1. The quantitative estimate of drug-likeness (QED) is 0.796. The molecule has 1 aromatic carbocycles. The van der Waals surface area contributed by atoms with Gasteiger partial charge in [-0.05, 0) is 38.1 Å². The maximum atomic E-state index is 5.98. The van der Waals surface area contributed by atoms with Crippen LogP contribution in [0.5, 0.6) is 0 Å². The summed E-state index contributed by atoms with van der Waals surface area (Å²) < 4.78 is 0. The van der Waals surface area contributed by atoms with Gasteiger partial charge in [0.05, 0.1) is 11.2 Å². The van der Waals surface area contributed by atoms with Gasteiger partial charge in [0.2, 0.25) is 0 Å². The lowest BCUT2D eigenvalue weighted by atomic mass is 10.2. The number of nitrogens with two attached hydrogens (primary N) is 1. The van der Waals surface area contributed by atoms with Gasteiger partial charge in [-0.15, -0.1) is 0 Å². The Morgan fingerprint density at radius 1 is 1.11 bits per heavy atom. The minimum Gasteiger partial charge on any atom is -0.397 e. The topological polar surface area (TPSA) is 45.0 Å². The first-order valence-corrected chi connectivity index (χ1v) is 6.91. The molecule has 3 heteroatoms. The molecule has 1 aromatic heterocycles. The van der Waals surface area contributed by atoms with Crippen molar-refractivity contribution in [3.63, 3.8) is 0 Å². The number of nitrogen functional groups attached to an aromatic ring is 1. The number of rotatable bonds is 2. The number of H-pyrrole nitrogens is 1. The summed E-state index contributed by atoms with van der Waals surface area (Å²) in [6, 6.07) is 8.32. The number of para-hydroxylation sites is 1. The van der Waals surface area contributed by atoms with Crippen LogP contribution in [0, 0.1) is 0 Å². The molecule has 0 atom stereocenters. The van der Waals surface area contributed by atoms with Gasteiger partial charge in [-0.25, -0.2) is 0 Å². The monoisotopic (exact) mass is 243 g/mol. The highest BCUT2D eigenvalue weighted by molar-refractivity contribution is 5.90. The van der Waals surface area contributed by atoms with Gasteiger partial charge in [0.1, 0.15) is 0 Å². The van der Waals surface area contributed by atoms with Crippen molar-refractivity contribution in [2.45, 2.75) is 32.2 Å². The molecule has 0 saturated carbocycles. The Kier molecular flexibility index (Phi) is 3.24. The van der Waals surface area contributed by atoms with E-state index in [9.17, 15) is 0 Å². The second-order valence-corrected chi connectivity index (χ2v) is 5.30. The van der Waals surface area contributed by atoms with Crippen LogP contribution in [0.15, 0.2) is 24.3 Å². The first kappa shape index (κ1) is 11.6. The lowest BCUT2D eigenvalue weighted by molar-refractivity contribution is 0.274. The van der Waals surface area contributed by atoms with Crippen LogP contribution in [0.2, 0.25) is 0 Å². The number of nitrogens with one attached hydrogen (secondary N) is 1. The maximum absolute atomic E-state index is 5.98. The average molecular weight is 243 g/mol. The maximum Gasteiger partial charge on any atom is 0.0690 e. The lowest BCUT2D eigenvalue weighted by Crippen LogP contribution is -2.24. The number of benzene rings is 1. The Balaban J connectivity index is 1.79. The first-order valence-electron chi connectivity index (χ1n) is 6.91. The SMILES string of the molecule is Nc1cccc2cc(CN3CCCCCC3)[nH]c12. The zero-order valence-corrected chi connectivity index (χ0v) is 10.8. The molecule has 2 aromatic rings. The fourth-order valence-corrected chi connectivity index (χ4v) is 2.86. The van der Waals surface area contributed by atoms with Gasteiger partial charge in [0.25, 0.3) is 0 Å². The van der Waals surface area contributed by atoms with E-state index in [4.69, 9.17) is 5.73 Å². The standard InChI is InChI=1S/C15H21N3/c16-14-7-5-6-12-10-13(17-15(12)14)11-18-8-3-1-2-4-9-18/h5-7,10,17H,1-4,8-9,11,16H2. The smallest absolute Gasteiger partial charge is 0.0690 e. The van der Waals surface area contributed by atoms with E-state index >= 15 is 0 Å². The van der Waals surface area contributed by atoms with Crippen LogP contribution in [0.25, 0.3) is 10.9 Å². The molecule has 3 rings (SSSR count). The Morgan fingerprint density at radius 3 is 2.61 bits per heavy atom. The molecule has 0 aliphatic carbocycles. The minimum absolute atomic E-state index is 0.842. The molecule has 0 amide bonds. The summed E-state index contributed by atoms with van der Waals surface area (Å²) in [7, 11) is 0. The number of nitrogens with zero attached hydrogens (tertiary/aromatic N) is 1. The summed E-state index contributed by atoms with van der Waals surface area (Å²) in [5, 5.41) is 1.22. The molecule has 3 N–H and O–H groups in total. The third-order valence-electron chi connectivity index (χ3n) is 3.84. The number of aromatic amines is 1. The summed E-state index contributed by atoms with van der Waals surface area (Å²) in [6.45, 7) is 3.48. The fourth-order valence-electron chi connectivity index (χ4n) is 2.86. The highest BCUT2D eigenvalue weighted by atomic mass is 15.1. The zero-order chi connectivity index (χ0) is 12.4. The van der Waals surface area contributed by atoms with E-state index in [2.05, 4.69) is 22.0 Å². The van der Waals surface area contributed by atoms with Gasteiger partial charge < -0.3 is 10.7 Å². The molecule has 0 spiro atoms. The Labute approximate surface area is 108 Å². The highest BCUT2D eigenvalue weighted by Crippen LogP contribution is 2.22. The van der Waals surface area contributed by atoms with E-state index in [0.29, 0.717) is 0 Å². The Bertz CT molecular complexity index is 522. The van der Waals surface area contributed by atoms with E-state index in [1.165, 1.54) is 49.9 Å². The Hall–Kier alpha value is -1.48. The van der Waals surface area contributed by atoms with Crippen molar-refractivity contribution in [3.8, 4) is 0 Å². The van der Waals surface area contributed by atoms with Crippen LogP contribution in [0.3, 0.4) is 0 Å². The van der Waals surface area contributed by atoms with Crippen LogP contribution >= 0.6 is 0 Å². The fraction of sp³-hybridized carbons (Fsp3) is 0.467. The molecular weight excluding hydrogens is 222 g/mol. The van der Waals surface area contributed by atoms with Crippen LogP contribution in [-0.4, -0.2) is 23.0 Å². The van der Waals surface area contributed by atoms with Gasteiger partial charge in [0, 0.05) is 17.6 Å². The molecule has 0 bridgehead atoms. The summed E-state index contributed by atoms with van der Waals surface area (Å²) in [5.41, 5.74) is 9.19. The van der Waals surface area contributed by atoms with Crippen molar-refractivity contribution in [1.82, 2.24) is 9.88 Å². The van der Waals surface area contributed by atoms with Crippen molar-refractivity contribution in [1.29, 1.82) is 0 Å². The summed E-state index contributed by atoms with van der Waals surface area (Å²) >= 11 is 0. The van der Waals surface area contributed by atoms with Crippen LogP contribution in [0.4, 0.5) is 5.69 Å². The van der Waals surface area contributed by atoms with Gasteiger partial charge in [0.15, 0.2) is 0 Å². The summed E-state index contributed by atoms with van der Waals surface area (Å²) in [5.74, 6) is 0. The van der Waals surface area contributed by atoms with E-state index in [0.717, 1.165) is 17.7 Å². The largest absolute Gasteiger partial charge is 0.397 e. The molecule has 2 heterocycles. The predicted molar refractivity (Wildman–Crippen MR) is 76.5 cm³/mol. The second-order valence-electron chi connectivity index (χ2n) is 5.30. The van der Waals surface area contributed by atoms with Crippen molar-refractivity contribution >= 4 is 16.6 Å². The first-order chi connectivity index (χ1) is 8.83. The van der Waals surface area contributed by atoms with Gasteiger partial charge in [-0.1, -0.05) is 25.0 Å². The number of hydrogen-bond acceptors (Lipinski definition) is 2. The normalized spacial score (nSPS) is 18.0. The highest BCUT2D eigenvalue weighted by Gasteiger charge is 2.11. The van der Waals surface area contributed by atoms with E-state index in [1.807, 2.05) is 12.1 Å². The van der Waals surface area contributed by atoms with Gasteiger partial charge >= 0.3 is 0 Å². The lowest BCUT2D eigenvalue weighted by Gasteiger charge is -2.18. The van der Waals surface area contributed by atoms with Crippen molar-refractivity contribution in [3.05, 3.63) is 30.0 Å². The van der Waals surface area contributed by atoms with Crippen LogP contribution in [-0.2, 0) is 6.54 Å². The van der Waals surface area contributed by atoms with Crippen molar-refractivity contribution in [2.75, 3.05) is 18.8 Å². The molecule has 3 nitrogen and oxygen atoms in total. The molecule has 0 unspecified atom stereocenters. The van der Waals surface area contributed by atoms with Gasteiger partial charge in [-0.2, -0.15) is 0 Å². The van der Waals surface area contributed by atoms with Crippen LogP contribution < -0.4 is 5.73 Å². The van der Waals surface area contributed by atoms with E-state index < -0.39 is 0 Å². The van der Waals surface area contributed by atoms with Crippen molar-refractivity contribution < 1.29 is 0 Å². The summed E-state index contributed by atoms with van der Waals surface area (Å²) in [6.07, 6.45) is 5.44. The second kappa shape index (κ2) is 5.02. The molecule has 1 saturated heterocycles. The molecular formula is C15H21N3. The van der Waals surface area contributed by atoms with E-state index in [-0.39, 0.29) is 0 Å². The number of likely N-dealkylation sites (tertiary alicyclic amines) is 1. The zero-order valence-electron chi connectivity index (χ0n) is 10.8. The molecule has 0 radical (unpaired) electrons. The van der Waals surface area contributed by atoms with E-state index in [1.54, 1.807) is 0 Å². The molecule has 96 valence electrons.